The Morgan fingerprint density at radius 2 is 2.31 bits per heavy atom. The molecule has 0 saturated carbocycles. The van der Waals surface area contributed by atoms with Crippen LogP contribution in [0.2, 0.25) is 0 Å². The standard InChI is InChI=1S/C11H15N3O2/c12-9-5-8(1-2-10(9)15)6-14-4-3-13-11(16)7-14/h1-2,5,15H,3-4,6-7,12H2,(H,13,16). The van der Waals surface area contributed by atoms with E-state index < -0.39 is 0 Å². The highest BCUT2D eigenvalue weighted by molar-refractivity contribution is 5.78. The number of carbonyl (C=O) groups excluding carboxylic acids is 1. The Hall–Kier alpha value is -1.75. The molecule has 0 bridgehead atoms. The number of anilines is 1. The van der Waals surface area contributed by atoms with Gasteiger partial charge in [-0.1, -0.05) is 6.07 Å². The van der Waals surface area contributed by atoms with E-state index in [0.29, 0.717) is 25.3 Å². The van der Waals surface area contributed by atoms with Gasteiger partial charge in [-0.2, -0.15) is 0 Å². The van der Waals surface area contributed by atoms with Gasteiger partial charge in [0.2, 0.25) is 5.91 Å². The first-order chi connectivity index (χ1) is 7.65. The van der Waals surface area contributed by atoms with Crippen LogP contribution < -0.4 is 11.1 Å². The van der Waals surface area contributed by atoms with Crippen LogP contribution in [-0.4, -0.2) is 35.5 Å². The van der Waals surface area contributed by atoms with Gasteiger partial charge >= 0.3 is 0 Å². The van der Waals surface area contributed by atoms with E-state index in [9.17, 15) is 9.90 Å². The molecule has 0 aliphatic carbocycles. The number of benzene rings is 1. The second kappa shape index (κ2) is 4.40. The van der Waals surface area contributed by atoms with E-state index in [-0.39, 0.29) is 11.7 Å². The van der Waals surface area contributed by atoms with Crippen LogP contribution in [0.4, 0.5) is 5.69 Å². The molecule has 16 heavy (non-hydrogen) atoms. The molecule has 1 amide bonds. The topological polar surface area (TPSA) is 78.6 Å². The molecule has 5 heteroatoms. The van der Waals surface area contributed by atoms with E-state index in [4.69, 9.17) is 5.73 Å². The number of phenols is 1. The summed E-state index contributed by atoms with van der Waals surface area (Å²) in [6.07, 6.45) is 0. The first-order valence-electron chi connectivity index (χ1n) is 5.21. The van der Waals surface area contributed by atoms with Gasteiger partial charge in [0.25, 0.3) is 0 Å². The summed E-state index contributed by atoms with van der Waals surface area (Å²) in [5.41, 5.74) is 6.98. The molecule has 1 aromatic rings. The predicted molar refractivity (Wildman–Crippen MR) is 60.8 cm³/mol. The fourth-order valence-electron chi connectivity index (χ4n) is 1.79. The fourth-order valence-corrected chi connectivity index (χ4v) is 1.79. The summed E-state index contributed by atoms with van der Waals surface area (Å²) in [4.78, 5) is 13.2. The summed E-state index contributed by atoms with van der Waals surface area (Å²) in [5.74, 6) is 0.151. The first-order valence-corrected chi connectivity index (χ1v) is 5.21. The van der Waals surface area contributed by atoms with Crippen molar-refractivity contribution in [2.75, 3.05) is 25.4 Å². The third-order valence-corrected chi connectivity index (χ3v) is 2.62. The van der Waals surface area contributed by atoms with Crippen molar-refractivity contribution in [1.82, 2.24) is 10.2 Å². The van der Waals surface area contributed by atoms with E-state index in [1.807, 2.05) is 11.0 Å². The Kier molecular flexibility index (Phi) is 2.96. The number of nitrogens with two attached hydrogens (primary N) is 1. The van der Waals surface area contributed by atoms with Crippen molar-refractivity contribution in [2.24, 2.45) is 0 Å². The van der Waals surface area contributed by atoms with Gasteiger partial charge in [0.05, 0.1) is 12.2 Å². The number of nitrogens with zero attached hydrogens (tertiary/aromatic N) is 1. The molecule has 1 aromatic carbocycles. The zero-order chi connectivity index (χ0) is 11.5. The van der Waals surface area contributed by atoms with Gasteiger partial charge in [-0.3, -0.25) is 9.69 Å². The van der Waals surface area contributed by atoms with E-state index in [1.54, 1.807) is 12.1 Å². The van der Waals surface area contributed by atoms with Crippen molar-refractivity contribution in [3.63, 3.8) is 0 Å². The average molecular weight is 221 g/mol. The van der Waals surface area contributed by atoms with Crippen LogP contribution in [0.3, 0.4) is 0 Å². The lowest BCUT2D eigenvalue weighted by atomic mass is 10.1. The molecule has 1 aliphatic heterocycles. The number of hydrogen-bond donors (Lipinski definition) is 3. The third kappa shape index (κ3) is 2.43. The van der Waals surface area contributed by atoms with Gasteiger partial charge in [0.15, 0.2) is 0 Å². The van der Waals surface area contributed by atoms with Crippen molar-refractivity contribution in [2.45, 2.75) is 6.54 Å². The molecule has 4 N–H and O–H groups in total. The van der Waals surface area contributed by atoms with Gasteiger partial charge in [0.1, 0.15) is 5.75 Å². The number of nitrogen functional groups attached to an aromatic ring is 1. The van der Waals surface area contributed by atoms with Gasteiger partial charge in [-0.25, -0.2) is 0 Å². The molecule has 0 atom stereocenters. The van der Waals surface area contributed by atoms with Crippen LogP contribution in [0.1, 0.15) is 5.56 Å². The second-order valence-electron chi connectivity index (χ2n) is 3.95. The van der Waals surface area contributed by atoms with E-state index in [2.05, 4.69) is 5.32 Å². The molecule has 0 radical (unpaired) electrons. The second-order valence-corrected chi connectivity index (χ2v) is 3.95. The summed E-state index contributed by atoms with van der Waals surface area (Å²) in [6.45, 7) is 2.62. The zero-order valence-corrected chi connectivity index (χ0v) is 8.94. The summed E-state index contributed by atoms with van der Waals surface area (Å²) in [5, 5.41) is 12.1. The molecule has 2 rings (SSSR count). The molecular weight excluding hydrogens is 206 g/mol. The maximum atomic E-state index is 11.2. The fraction of sp³-hybridized carbons (Fsp3) is 0.364. The van der Waals surface area contributed by atoms with Crippen molar-refractivity contribution < 1.29 is 9.90 Å². The molecule has 5 nitrogen and oxygen atoms in total. The van der Waals surface area contributed by atoms with Gasteiger partial charge < -0.3 is 16.2 Å². The Morgan fingerprint density at radius 1 is 1.50 bits per heavy atom. The number of carbonyl (C=O) groups is 1. The molecule has 0 unspecified atom stereocenters. The molecule has 1 heterocycles. The monoisotopic (exact) mass is 221 g/mol. The van der Waals surface area contributed by atoms with Crippen molar-refractivity contribution in [3.05, 3.63) is 23.8 Å². The van der Waals surface area contributed by atoms with Gasteiger partial charge in [-0.05, 0) is 17.7 Å². The SMILES string of the molecule is Nc1cc(CN2CCNC(=O)C2)ccc1O. The van der Waals surface area contributed by atoms with Crippen molar-refractivity contribution in [1.29, 1.82) is 0 Å². The van der Waals surface area contributed by atoms with Crippen LogP contribution in [0.25, 0.3) is 0 Å². The number of aromatic hydroxyl groups is 1. The summed E-state index contributed by atoms with van der Waals surface area (Å²) >= 11 is 0. The molecule has 1 aliphatic rings. The number of nitrogens with one attached hydrogen (secondary N) is 1. The zero-order valence-electron chi connectivity index (χ0n) is 8.94. The van der Waals surface area contributed by atoms with E-state index in [1.165, 1.54) is 0 Å². The average Bonchev–Trinajstić information content (AvgIpc) is 2.24. The minimum atomic E-state index is 0.0537. The number of amides is 1. The number of rotatable bonds is 2. The highest BCUT2D eigenvalue weighted by Crippen LogP contribution is 2.21. The summed E-state index contributed by atoms with van der Waals surface area (Å²) in [7, 11) is 0. The van der Waals surface area contributed by atoms with Gasteiger partial charge in [0, 0.05) is 19.6 Å². The Bertz CT molecular complexity index is 406. The molecular formula is C11H15N3O2. The smallest absolute Gasteiger partial charge is 0.234 e. The van der Waals surface area contributed by atoms with E-state index >= 15 is 0 Å². The minimum Gasteiger partial charge on any atom is -0.506 e. The van der Waals surface area contributed by atoms with Crippen molar-refractivity contribution >= 4 is 11.6 Å². The Morgan fingerprint density at radius 3 is 3.00 bits per heavy atom. The van der Waals surface area contributed by atoms with Crippen LogP contribution >= 0.6 is 0 Å². The maximum absolute atomic E-state index is 11.2. The lowest BCUT2D eigenvalue weighted by Crippen LogP contribution is -2.47. The molecule has 0 spiro atoms. The van der Waals surface area contributed by atoms with Crippen LogP contribution in [0, 0.1) is 0 Å². The van der Waals surface area contributed by atoms with Crippen LogP contribution in [-0.2, 0) is 11.3 Å². The van der Waals surface area contributed by atoms with Crippen molar-refractivity contribution in [3.8, 4) is 5.75 Å². The maximum Gasteiger partial charge on any atom is 0.234 e. The Labute approximate surface area is 93.9 Å². The first kappa shape index (κ1) is 10.8. The van der Waals surface area contributed by atoms with Gasteiger partial charge in [-0.15, -0.1) is 0 Å². The molecule has 86 valence electrons. The minimum absolute atomic E-state index is 0.0537. The number of hydrogen-bond acceptors (Lipinski definition) is 4. The highest BCUT2D eigenvalue weighted by atomic mass is 16.3. The molecule has 1 fully saturated rings. The Balaban J connectivity index is 2.03. The lowest BCUT2D eigenvalue weighted by molar-refractivity contribution is -0.124. The lowest BCUT2D eigenvalue weighted by Gasteiger charge is -2.26. The van der Waals surface area contributed by atoms with Crippen LogP contribution in [0.15, 0.2) is 18.2 Å². The van der Waals surface area contributed by atoms with E-state index in [0.717, 1.165) is 12.1 Å². The van der Waals surface area contributed by atoms with Crippen LogP contribution in [0.5, 0.6) is 5.75 Å². The highest BCUT2D eigenvalue weighted by Gasteiger charge is 2.16. The molecule has 1 saturated heterocycles. The predicted octanol–water partition coefficient (Wildman–Crippen LogP) is -0.0938. The number of phenolic OH excluding ortho intramolecular Hbond substituents is 1. The quantitative estimate of drug-likeness (QED) is 0.481. The molecule has 0 aromatic heterocycles. The summed E-state index contributed by atoms with van der Waals surface area (Å²) in [6, 6.07) is 5.13. The third-order valence-electron chi connectivity index (χ3n) is 2.62. The normalized spacial score (nSPS) is 17.1. The largest absolute Gasteiger partial charge is 0.506 e. The summed E-state index contributed by atoms with van der Waals surface area (Å²) < 4.78 is 0. The number of piperazine rings is 1.